The van der Waals surface area contributed by atoms with Crippen LogP contribution in [0.2, 0.25) is 0 Å². The summed E-state index contributed by atoms with van der Waals surface area (Å²) in [5.74, 6) is -1.00. The van der Waals surface area contributed by atoms with Crippen molar-refractivity contribution < 1.29 is 8.78 Å². The highest BCUT2D eigenvalue weighted by Gasteiger charge is 2.24. The van der Waals surface area contributed by atoms with Gasteiger partial charge in [-0.3, -0.25) is 0 Å². The summed E-state index contributed by atoms with van der Waals surface area (Å²) < 4.78 is 28.7. The van der Waals surface area contributed by atoms with E-state index in [1.807, 2.05) is 19.1 Å². The molecule has 2 aromatic carbocycles. The zero-order valence-corrected chi connectivity index (χ0v) is 13.4. The minimum absolute atomic E-state index is 0.0597. The van der Waals surface area contributed by atoms with Crippen LogP contribution in [0.5, 0.6) is 0 Å². The van der Waals surface area contributed by atoms with E-state index in [1.54, 1.807) is 4.90 Å². The largest absolute Gasteiger partial charge is 0.336 e. The van der Waals surface area contributed by atoms with E-state index in [0.717, 1.165) is 24.1 Å². The number of aryl methyl sites for hydroxylation is 2. The summed E-state index contributed by atoms with van der Waals surface area (Å²) in [4.78, 5) is 1.76. The Morgan fingerprint density at radius 2 is 1.86 bits per heavy atom. The van der Waals surface area contributed by atoms with Gasteiger partial charge >= 0.3 is 0 Å². The first kappa shape index (κ1) is 14.5. The topological polar surface area (TPSA) is 3.24 Å². The number of hydrogen-bond donors (Lipinski definition) is 0. The molecule has 0 N–H and O–H groups in total. The van der Waals surface area contributed by atoms with E-state index in [9.17, 15) is 8.78 Å². The molecule has 0 saturated carbocycles. The Hall–Kier alpha value is -1.42. The van der Waals surface area contributed by atoms with Crippen LogP contribution in [-0.2, 0) is 11.8 Å². The van der Waals surface area contributed by atoms with E-state index in [1.165, 1.54) is 17.7 Å². The van der Waals surface area contributed by atoms with Gasteiger partial charge in [0.05, 0.1) is 0 Å². The third-order valence-corrected chi connectivity index (χ3v) is 4.50. The Balaban J connectivity index is 2.11. The van der Waals surface area contributed by atoms with Crippen LogP contribution >= 0.6 is 15.9 Å². The molecule has 110 valence electrons. The van der Waals surface area contributed by atoms with E-state index >= 15 is 0 Å². The van der Waals surface area contributed by atoms with Crippen molar-refractivity contribution in [3.05, 3.63) is 58.7 Å². The van der Waals surface area contributed by atoms with Crippen LogP contribution in [0.4, 0.5) is 20.2 Å². The van der Waals surface area contributed by atoms with Gasteiger partial charge in [0, 0.05) is 17.6 Å². The molecule has 2 aromatic rings. The SMILES string of the molecule is Cc1ccc2c(c1)CCCN2c1c(F)cc(CBr)cc1F. The molecule has 0 fully saturated rings. The second kappa shape index (κ2) is 5.76. The maximum atomic E-state index is 14.4. The summed E-state index contributed by atoms with van der Waals surface area (Å²) >= 11 is 3.23. The van der Waals surface area contributed by atoms with Crippen molar-refractivity contribution in [2.45, 2.75) is 25.1 Å². The third kappa shape index (κ3) is 2.69. The molecule has 0 aliphatic carbocycles. The molecule has 1 aliphatic rings. The summed E-state index contributed by atoms with van der Waals surface area (Å²) in [6.07, 6.45) is 1.85. The minimum atomic E-state index is -0.502. The Labute approximate surface area is 131 Å². The number of anilines is 2. The van der Waals surface area contributed by atoms with Gasteiger partial charge in [-0.1, -0.05) is 33.6 Å². The van der Waals surface area contributed by atoms with Crippen LogP contribution in [0.3, 0.4) is 0 Å². The van der Waals surface area contributed by atoms with E-state index in [4.69, 9.17) is 0 Å². The van der Waals surface area contributed by atoms with Gasteiger partial charge in [0.15, 0.2) is 0 Å². The van der Waals surface area contributed by atoms with Crippen LogP contribution in [0.25, 0.3) is 0 Å². The standard InChI is InChI=1S/C17H16BrF2N/c1-11-4-5-16-13(7-11)3-2-6-21(16)17-14(19)8-12(10-18)9-15(17)20/h4-5,7-9H,2-3,6,10H2,1H3. The summed E-state index contributed by atoms with van der Waals surface area (Å²) in [5, 5.41) is 0.441. The monoisotopic (exact) mass is 351 g/mol. The van der Waals surface area contributed by atoms with Crippen LogP contribution in [0, 0.1) is 18.6 Å². The van der Waals surface area contributed by atoms with Gasteiger partial charge in [-0.25, -0.2) is 8.78 Å². The summed E-state index contributed by atoms with van der Waals surface area (Å²) in [7, 11) is 0. The van der Waals surface area contributed by atoms with Crippen molar-refractivity contribution in [2.24, 2.45) is 0 Å². The fraction of sp³-hybridized carbons (Fsp3) is 0.294. The Morgan fingerprint density at radius 3 is 2.52 bits per heavy atom. The first-order valence-corrected chi connectivity index (χ1v) is 8.13. The number of nitrogens with zero attached hydrogens (tertiary/aromatic N) is 1. The molecule has 21 heavy (non-hydrogen) atoms. The van der Waals surface area contributed by atoms with E-state index in [-0.39, 0.29) is 5.69 Å². The molecule has 0 atom stereocenters. The lowest BCUT2D eigenvalue weighted by atomic mass is 9.98. The Morgan fingerprint density at radius 1 is 1.14 bits per heavy atom. The predicted octanol–water partition coefficient (Wildman–Crippen LogP) is 5.25. The van der Waals surface area contributed by atoms with Gasteiger partial charge in [-0.15, -0.1) is 0 Å². The van der Waals surface area contributed by atoms with Crippen molar-refractivity contribution in [2.75, 3.05) is 11.4 Å². The molecule has 3 rings (SSSR count). The minimum Gasteiger partial charge on any atom is -0.336 e. The first-order valence-electron chi connectivity index (χ1n) is 7.01. The second-order valence-corrected chi connectivity index (χ2v) is 5.99. The number of fused-ring (bicyclic) bond motifs is 1. The molecule has 0 unspecified atom stereocenters. The molecular formula is C17H16BrF2N. The van der Waals surface area contributed by atoms with Crippen molar-refractivity contribution in [3.63, 3.8) is 0 Å². The maximum Gasteiger partial charge on any atom is 0.150 e. The van der Waals surface area contributed by atoms with Gasteiger partial charge in [-0.05, 0) is 49.1 Å². The number of rotatable bonds is 2. The van der Waals surface area contributed by atoms with Gasteiger partial charge in [0.2, 0.25) is 0 Å². The lowest BCUT2D eigenvalue weighted by molar-refractivity contribution is 0.574. The van der Waals surface area contributed by atoms with Gasteiger partial charge in [0.1, 0.15) is 17.3 Å². The molecule has 1 heterocycles. The Bertz CT molecular complexity index is 661. The van der Waals surface area contributed by atoms with Crippen LogP contribution in [-0.4, -0.2) is 6.54 Å². The van der Waals surface area contributed by atoms with Crippen LogP contribution in [0.15, 0.2) is 30.3 Å². The molecule has 1 nitrogen and oxygen atoms in total. The van der Waals surface area contributed by atoms with Crippen molar-refractivity contribution in [1.29, 1.82) is 0 Å². The van der Waals surface area contributed by atoms with E-state index < -0.39 is 11.6 Å². The first-order chi connectivity index (χ1) is 10.1. The summed E-state index contributed by atoms with van der Waals surface area (Å²) in [5.41, 5.74) is 3.91. The highest BCUT2D eigenvalue weighted by atomic mass is 79.9. The number of alkyl halides is 1. The average Bonchev–Trinajstić information content (AvgIpc) is 2.46. The molecule has 0 bridgehead atoms. The van der Waals surface area contributed by atoms with Gasteiger partial charge in [-0.2, -0.15) is 0 Å². The average molecular weight is 352 g/mol. The van der Waals surface area contributed by atoms with Crippen molar-refractivity contribution >= 4 is 27.3 Å². The fourth-order valence-corrected chi connectivity index (χ4v) is 3.23. The Kier molecular flexibility index (Phi) is 3.98. The molecule has 0 saturated heterocycles. The zero-order valence-electron chi connectivity index (χ0n) is 11.8. The molecule has 1 aliphatic heterocycles. The highest BCUT2D eigenvalue weighted by Crippen LogP contribution is 2.37. The highest BCUT2D eigenvalue weighted by molar-refractivity contribution is 9.08. The van der Waals surface area contributed by atoms with Gasteiger partial charge < -0.3 is 4.90 Å². The number of hydrogen-bond acceptors (Lipinski definition) is 1. The molecule has 0 amide bonds. The zero-order chi connectivity index (χ0) is 15.0. The lowest BCUT2D eigenvalue weighted by Gasteiger charge is -2.32. The number of halogens is 3. The second-order valence-electron chi connectivity index (χ2n) is 5.43. The smallest absolute Gasteiger partial charge is 0.150 e. The summed E-state index contributed by atoms with van der Waals surface area (Å²) in [6, 6.07) is 8.84. The predicted molar refractivity (Wildman–Crippen MR) is 85.5 cm³/mol. The van der Waals surface area contributed by atoms with Gasteiger partial charge in [0.25, 0.3) is 0 Å². The van der Waals surface area contributed by atoms with E-state index in [2.05, 4.69) is 22.0 Å². The summed E-state index contributed by atoms with van der Waals surface area (Å²) in [6.45, 7) is 2.67. The fourth-order valence-electron chi connectivity index (χ4n) is 2.91. The molecule has 0 aromatic heterocycles. The van der Waals surface area contributed by atoms with E-state index in [0.29, 0.717) is 17.4 Å². The molecule has 4 heteroatoms. The normalized spacial score (nSPS) is 14.2. The molecular weight excluding hydrogens is 336 g/mol. The molecule has 0 radical (unpaired) electrons. The molecule has 0 spiro atoms. The van der Waals surface area contributed by atoms with Crippen molar-refractivity contribution in [1.82, 2.24) is 0 Å². The quantitative estimate of drug-likeness (QED) is 0.667. The van der Waals surface area contributed by atoms with Crippen molar-refractivity contribution in [3.8, 4) is 0 Å². The maximum absolute atomic E-state index is 14.4. The lowest BCUT2D eigenvalue weighted by Crippen LogP contribution is -2.26. The number of benzene rings is 2. The van der Waals surface area contributed by atoms with Crippen LogP contribution in [0.1, 0.15) is 23.1 Å². The van der Waals surface area contributed by atoms with Crippen LogP contribution < -0.4 is 4.90 Å². The third-order valence-electron chi connectivity index (χ3n) is 3.85.